The van der Waals surface area contributed by atoms with E-state index in [0.717, 1.165) is 0 Å². The van der Waals surface area contributed by atoms with Crippen molar-refractivity contribution in [1.82, 2.24) is 0 Å². The van der Waals surface area contributed by atoms with E-state index in [-0.39, 0.29) is 40.2 Å². The number of halogens is 2. The van der Waals surface area contributed by atoms with Gasteiger partial charge in [-0.1, -0.05) is 87.8 Å². The molecule has 0 atom stereocenters. The Labute approximate surface area is 280 Å². The molecule has 214 valence electrons. The van der Waals surface area contributed by atoms with Crippen molar-refractivity contribution in [1.29, 1.82) is 0 Å². The monoisotopic (exact) mass is 1080 g/mol. The third-order valence-corrected chi connectivity index (χ3v) is 10.2. The molecule has 0 N–H and O–H groups in total. The Morgan fingerprint density at radius 3 is 0.722 bits per heavy atom. The molecule has 36 heavy (non-hydrogen) atoms. The predicted octanol–water partition coefficient (Wildman–Crippen LogP) is 13.1. The van der Waals surface area contributed by atoms with Crippen LogP contribution in [0.15, 0.2) is 43.6 Å². The van der Waals surface area contributed by atoms with Gasteiger partial charge in [-0.3, -0.25) is 0 Å². The third kappa shape index (κ3) is 28.7. The van der Waals surface area contributed by atoms with Crippen LogP contribution in [0.3, 0.4) is 0 Å². The van der Waals surface area contributed by atoms with Gasteiger partial charge in [0.25, 0.3) is 0 Å². The van der Waals surface area contributed by atoms with Gasteiger partial charge in [0, 0.05) is 40.2 Å². The van der Waals surface area contributed by atoms with Gasteiger partial charge >= 0.3 is 0 Å². The average molecular weight is 1080 g/mol. The first-order chi connectivity index (χ1) is 16.8. The second-order valence-corrected chi connectivity index (χ2v) is 12.7. The van der Waals surface area contributed by atoms with E-state index in [0.29, 0.717) is 0 Å². The van der Waals surface area contributed by atoms with Crippen LogP contribution < -0.4 is 0 Å². The molecule has 0 nitrogen and oxygen atoms in total. The van der Waals surface area contributed by atoms with E-state index in [1.807, 2.05) is 0 Å². The average Bonchev–Trinajstić information content (AvgIpc) is 2.75. The maximum absolute atomic E-state index is 2.50. The van der Waals surface area contributed by atoms with E-state index in [1.54, 1.807) is 7.16 Å². The number of rotatable bonds is 0. The molecular weight excluding hydrogens is 1020 g/mol. The zero-order valence-electron chi connectivity index (χ0n) is 22.9. The molecule has 0 bridgehead atoms. The van der Waals surface area contributed by atoms with Gasteiger partial charge in [-0.05, 0) is 155 Å². The largest absolute Gasteiger partial charge is 0.0885 e. The topological polar surface area (TPSA) is 0 Å². The predicted molar refractivity (Wildman–Crippen MR) is 173 cm³/mol. The van der Waals surface area contributed by atoms with Crippen LogP contribution in [0.25, 0.3) is 0 Å². The van der Waals surface area contributed by atoms with Gasteiger partial charge < -0.3 is 0 Å². The van der Waals surface area contributed by atoms with Gasteiger partial charge in [0.1, 0.15) is 0 Å². The van der Waals surface area contributed by atoms with Gasteiger partial charge in [0.05, 0.1) is 0 Å². The van der Waals surface area contributed by atoms with Gasteiger partial charge in [-0.2, -0.15) is 0 Å². The zero-order chi connectivity index (χ0) is 24.4. The third-order valence-electron chi connectivity index (χ3n) is 6.81. The Kier molecular flexibility index (Phi) is 36.5. The Hall–Kier alpha value is 1.72. The molecule has 4 rings (SSSR count). The Morgan fingerprint density at radius 2 is 0.500 bits per heavy atom. The number of hydrogen-bond donors (Lipinski definition) is 0. The van der Waals surface area contributed by atoms with Crippen LogP contribution >= 0.6 is 45.2 Å². The first-order valence-corrected chi connectivity index (χ1v) is 16.9. The van der Waals surface area contributed by atoms with Crippen LogP contribution in [0.2, 0.25) is 0 Å². The van der Waals surface area contributed by atoms with Crippen LogP contribution in [0, 0.1) is 0 Å². The minimum Gasteiger partial charge on any atom is -0.0885 e. The fraction of sp³-hybridized carbons (Fsp3) is 0.750. The summed E-state index contributed by atoms with van der Waals surface area (Å²) in [6.07, 6.45) is 47.4. The van der Waals surface area contributed by atoms with Crippen molar-refractivity contribution in [3.05, 3.63) is 43.6 Å². The molecule has 0 aliphatic heterocycles. The minimum absolute atomic E-state index is 0. The second kappa shape index (κ2) is 32.9. The molecule has 4 heteroatoms. The van der Waals surface area contributed by atoms with Crippen molar-refractivity contribution in [3.8, 4) is 0 Å². The van der Waals surface area contributed by atoms with Crippen LogP contribution in [-0.4, -0.2) is 0 Å². The number of hydrogen-bond acceptors (Lipinski definition) is 0. The summed E-state index contributed by atoms with van der Waals surface area (Å²) >= 11 is 4.99. The van der Waals surface area contributed by atoms with Gasteiger partial charge in [0.2, 0.25) is 0 Å². The quantitative estimate of drug-likeness (QED) is 0.168. The first-order valence-electron chi connectivity index (χ1n) is 14.8. The van der Waals surface area contributed by atoms with E-state index in [1.165, 1.54) is 154 Å². The molecule has 0 unspecified atom stereocenters. The summed E-state index contributed by atoms with van der Waals surface area (Å²) in [6.45, 7) is 0. The summed E-state index contributed by atoms with van der Waals surface area (Å²) in [4.78, 5) is 0. The summed E-state index contributed by atoms with van der Waals surface area (Å²) in [6, 6.07) is 0. The SMILES string of the molecule is C1=CCCCCCC1.C1=CCCCCCC1.C1=CCCCCCC1.I/C1=C(\I)CCCCCC1.[Ir].[Ir]. The minimum atomic E-state index is 0. The molecule has 4 aliphatic rings. The van der Waals surface area contributed by atoms with E-state index < -0.39 is 0 Å². The van der Waals surface area contributed by atoms with Crippen molar-refractivity contribution in [2.75, 3.05) is 0 Å². The van der Waals surface area contributed by atoms with E-state index in [2.05, 4.69) is 81.6 Å². The van der Waals surface area contributed by atoms with Crippen LogP contribution in [-0.2, 0) is 40.2 Å². The maximum Gasteiger partial charge on any atom is 0 e. The van der Waals surface area contributed by atoms with Gasteiger partial charge in [-0.15, -0.1) is 0 Å². The smallest absolute Gasteiger partial charge is 0 e. The van der Waals surface area contributed by atoms with Crippen molar-refractivity contribution in [3.63, 3.8) is 0 Å². The molecule has 0 heterocycles. The molecular formula is C32H54I2Ir2. The fourth-order valence-corrected chi connectivity index (χ4v) is 5.83. The van der Waals surface area contributed by atoms with Crippen molar-refractivity contribution in [2.45, 2.75) is 154 Å². The second-order valence-electron chi connectivity index (χ2n) is 10.1. The molecule has 2 radical (unpaired) electrons. The molecule has 0 fully saturated rings. The summed E-state index contributed by atoms with van der Waals surface area (Å²) in [5.41, 5.74) is 0. The van der Waals surface area contributed by atoms with Crippen molar-refractivity contribution in [2.24, 2.45) is 0 Å². The molecule has 0 saturated heterocycles. The molecule has 0 aromatic heterocycles. The molecule has 0 spiro atoms. The van der Waals surface area contributed by atoms with Crippen LogP contribution in [0.1, 0.15) is 154 Å². The zero-order valence-corrected chi connectivity index (χ0v) is 32.0. The Morgan fingerprint density at radius 1 is 0.306 bits per heavy atom. The molecule has 0 amide bonds. The Bertz CT molecular complexity index is 468. The molecule has 0 saturated carbocycles. The van der Waals surface area contributed by atoms with Crippen molar-refractivity contribution >= 4 is 45.2 Å². The first kappa shape index (κ1) is 39.9. The molecule has 0 aromatic carbocycles. The summed E-state index contributed by atoms with van der Waals surface area (Å²) < 4.78 is 3.22. The standard InChI is InChI=1S/C8H12I2.3C8H14.2Ir/c9-7-5-3-1-2-4-6-8(7)10;3*1-2-4-6-8-7-5-3-1;;/h1-6H2;3*1-2H,3-8H2;;/b8-7-;;;;;. The normalized spacial score (nSPS) is 22.8. The number of allylic oxidation sites excluding steroid dienone is 8. The fourth-order valence-electron chi connectivity index (χ4n) is 4.53. The van der Waals surface area contributed by atoms with E-state index >= 15 is 0 Å². The van der Waals surface area contributed by atoms with E-state index in [9.17, 15) is 0 Å². The molecule has 4 aliphatic carbocycles. The van der Waals surface area contributed by atoms with Crippen LogP contribution in [0.4, 0.5) is 0 Å². The maximum atomic E-state index is 2.50. The summed E-state index contributed by atoms with van der Waals surface area (Å²) in [5, 5.41) is 0. The van der Waals surface area contributed by atoms with Crippen molar-refractivity contribution < 1.29 is 40.2 Å². The van der Waals surface area contributed by atoms with Gasteiger partial charge in [0.15, 0.2) is 0 Å². The summed E-state index contributed by atoms with van der Waals surface area (Å²) in [7, 11) is 0. The Balaban J connectivity index is 0. The van der Waals surface area contributed by atoms with Crippen LogP contribution in [0.5, 0.6) is 0 Å². The van der Waals surface area contributed by atoms with Gasteiger partial charge in [-0.25, -0.2) is 0 Å². The summed E-state index contributed by atoms with van der Waals surface area (Å²) in [5.74, 6) is 0. The van der Waals surface area contributed by atoms with E-state index in [4.69, 9.17) is 0 Å². The molecule has 0 aromatic rings.